The van der Waals surface area contributed by atoms with Crippen LogP contribution in [0, 0.1) is 0 Å². The molecule has 2 rings (SSSR count). The van der Waals surface area contributed by atoms with Gasteiger partial charge < -0.3 is 5.73 Å². The smallest absolute Gasteiger partial charge is 0.330 e. The highest BCUT2D eigenvalue weighted by Crippen LogP contribution is 2.33. The van der Waals surface area contributed by atoms with E-state index in [9.17, 15) is 13.2 Å². The number of nitrogens with two attached hydrogens (primary N) is 1. The van der Waals surface area contributed by atoms with Crippen molar-refractivity contribution in [1.82, 2.24) is 9.78 Å². The Balaban J connectivity index is 2.43. The molecule has 0 radical (unpaired) electrons. The maximum atomic E-state index is 12.8. The van der Waals surface area contributed by atoms with E-state index in [2.05, 4.69) is 5.10 Å². The third-order valence-corrected chi connectivity index (χ3v) is 2.53. The van der Waals surface area contributed by atoms with E-state index < -0.39 is 11.7 Å². The van der Waals surface area contributed by atoms with Crippen molar-refractivity contribution in [3.8, 4) is 5.69 Å². The van der Waals surface area contributed by atoms with Crippen LogP contribution in [0.1, 0.15) is 11.1 Å². The lowest BCUT2D eigenvalue weighted by atomic mass is 10.1. The van der Waals surface area contributed by atoms with Crippen LogP contribution in [0.2, 0.25) is 0 Å². The molecule has 0 unspecified atom stereocenters. The predicted molar refractivity (Wildman–Crippen MR) is 61.3 cm³/mol. The van der Waals surface area contributed by atoms with Gasteiger partial charge in [0.25, 0.3) is 0 Å². The van der Waals surface area contributed by atoms with Crippen molar-refractivity contribution in [3.05, 3.63) is 47.8 Å². The largest absolute Gasteiger partial charge is 0.418 e. The van der Waals surface area contributed by atoms with Gasteiger partial charge in [0.15, 0.2) is 0 Å². The molecular weight excluding hydrogens is 243 g/mol. The van der Waals surface area contributed by atoms with Gasteiger partial charge in [-0.05, 0) is 30.7 Å². The highest BCUT2D eigenvalue weighted by Gasteiger charge is 2.33. The van der Waals surface area contributed by atoms with Gasteiger partial charge in [0.2, 0.25) is 0 Å². The van der Waals surface area contributed by atoms with E-state index in [1.807, 2.05) is 0 Å². The molecule has 0 aliphatic carbocycles. The number of nitrogens with zero attached hydrogens (tertiary/aromatic N) is 2. The van der Waals surface area contributed by atoms with Gasteiger partial charge in [0.1, 0.15) is 0 Å². The second-order valence-corrected chi connectivity index (χ2v) is 3.85. The highest BCUT2D eigenvalue weighted by atomic mass is 19.4. The molecule has 0 amide bonds. The van der Waals surface area contributed by atoms with Gasteiger partial charge >= 0.3 is 6.18 Å². The summed E-state index contributed by atoms with van der Waals surface area (Å²) in [7, 11) is 0. The minimum Gasteiger partial charge on any atom is -0.330 e. The van der Waals surface area contributed by atoms with Crippen molar-refractivity contribution in [1.29, 1.82) is 0 Å². The molecule has 0 aliphatic rings. The van der Waals surface area contributed by atoms with E-state index in [0.29, 0.717) is 13.0 Å². The Kier molecular flexibility index (Phi) is 3.38. The van der Waals surface area contributed by atoms with Gasteiger partial charge in [-0.15, -0.1) is 0 Å². The van der Waals surface area contributed by atoms with Crippen LogP contribution in [-0.2, 0) is 12.6 Å². The molecule has 96 valence electrons. The third kappa shape index (κ3) is 2.53. The summed E-state index contributed by atoms with van der Waals surface area (Å²) in [5.41, 5.74) is 5.53. The molecule has 6 heteroatoms. The van der Waals surface area contributed by atoms with Crippen LogP contribution >= 0.6 is 0 Å². The molecule has 2 aromatic rings. The first kappa shape index (κ1) is 12.6. The zero-order valence-corrected chi connectivity index (χ0v) is 9.48. The van der Waals surface area contributed by atoms with Crippen molar-refractivity contribution >= 4 is 0 Å². The molecule has 1 aromatic heterocycles. The first-order valence-electron chi connectivity index (χ1n) is 5.42. The van der Waals surface area contributed by atoms with Gasteiger partial charge in [-0.2, -0.15) is 18.3 Å². The number of hydrogen-bond acceptors (Lipinski definition) is 2. The minimum atomic E-state index is -4.39. The summed E-state index contributed by atoms with van der Waals surface area (Å²) in [5.74, 6) is 0. The Labute approximate surface area is 102 Å². The van der Waals surface area contributed by atoms with E-state index in [4.69, 9.17) is 5.73 Å². The Hall–Kier alpha value is -1.82. The summed E-state index contributed by atoms with van der Waals surface area (Å²) in [6.07, 6.45) is -0.706. The fourth-order valence-corrected chi connectivity index (χ4v) is 1.70. The monoisotopic (exact) mass is 255 g/mol. The predicted octanol–water partition coefficient (Wildman–Crippen LogP) is 2.39. The molecule has 0 spiro atoms. The molecule has 0 aliphatic heterocycles. The number of rotatable bonds is 3. The summed E-state index contributed by atoms with van der Waals surface area (Å²) in [4.78, 5) is 0. The number of hydrogen-bond donors (Lipinski definition) is 1. The summed E-state index contributed by atoms with van der Waals surface area (Å²) in [5, 5.41) is 3.94. The van der Waals surface area contributed by atoms with Crippen LogP contribution < -0.4 is 5.73 Å². The van der Waals surface area contributed by atoms with E-state index in [1.54, 1.807) is 12.3 Å². The lowest BCUT2D eigenvalue weighted by molar-refractivity contribution is -0.137. The first-order chi connectivity index (χ1) is 8.52. The van der Waals surface area contributed by atoms with Gasteiger partial charge in [-0.25, -0.2) is 4.68 Å². The summed E-state index contributed by atoms with van der Waals surface area (Å²) < 4.78 is 39.7. The SMILES string of the molecule is NCCc1cnn(-c2ccccc2C(F)(F)F)c1. The fourth-order valence-electron chi connectivity index (χ4n) is 1.70. The molecule has 0 atom stereocenters. The summed E-state index contributed by atoms with van der Waals surface area (Å²) in [6, 6.07) is 5.34. The van der Waals surface area contributed by atoms with E-state index >= 15 is 0 Å². The minimum absolute atomic E-state index is 0.0215. The van der Waals surface area contributed by atoms with Crippen molar-refractivity contribution in [2.75, 3.05) is 6.54 Å². The lowest BCUT2D eigenvalue weighted by Crippen LogP contribution is -2.10. The zero-order chi connectivity index (χ0) is 13.2. The second-order valence-electron chi connectivity index (χ2n) is 3.85. The average molecular weight is 255 g/mol. The van der Waals surface area contributed by atoms with Crippen LogP contribution in [0.25, 0.3) is 5.69 Å². The zero-order valence-electron chi connectivity index (χ0n) is 9.48. The lowest BCUT2D eigenvalue weighted by Gasteiger charge is -2.12. The van der Waals surface area contributed by atoms with Gasteiger partial charge in [0.05, 0.1) is 17.4 Å². The molecule has 2 N–H and O–H groups in total. The molecule has 1 heterocycles. The van der Waals surface area contributed by atoms with Crippen LogP contribution in [0.15, 0.2) is 36.7 Å². The third-order valence-electron chi connectivity index (χ3n) is 2.53. The quantitative estimate of drug-likeness (QED) is 0.915. The molecule has 0 bridgehead atoms. The Morgan fingerprint density at radius 2 is 1.94 bits per heavy atom. The Bertz CT molecular complexity index is 531. The van der Waals surface area contributed by atoms with Crippen LogP contribution in [0.5, 0.6) is 0 Å². The van der Waals surface area contributed by atoms with Gasteiger partial charge in [-0.3, -0.25) is 0 Å². The number of alkyl halides is 3. The maximum absolute atomic E-state index is 12.8. The Morgan fingerprint density at radius 3 is 2.61 bits per heavy atom. The van der Waals surface area contributed by atoms with Crippen molar-refractivity contribution in [3.63, 3.8) is 0 Å². The number of halogens is 3. The number of para-hydroxylation sites is 1. The molecular formula is C12H12F3N3. The van der Waals surface area contributed by atoms with E-state index in [0.717, 1.165) is 11.6 Å². The standard InChI is InChI=1S/C12H12F3N3/c13-12(14,15)10-3-1-2-4-11(10)18-8-9(5-6-16)7-17-18/h1-4,7-8H,5-6,16H2. The topological polar surface area (TPSA) is 43.8 Å². The molecule has 1 aromatic carbocycles. The maximum Gasteiger partial charge on any atom is 0.418 e. The summed E-state index contributed by atoms with van der Waals surface area (Å²) >= 11 is 0. The van der Waals surface area contributed by atoms with Gasteiger partial charge in [0, 0.05) is 6.20 Å². The van der Waals surface area contributed by atoms with Crippen LogP contribution in [-0.4, -0.2) is 16.3 Å². The van der Waals surface area contributed by atoms with Crippen LogP contribution in [0.4, 0.5) is 13.2 Å². The fraction of sp³-hybridized carbons (Fsp3) is 0.250. The van der Waals surface area contributed by atoms with Crippen molar-refractivity contribution in [2.45, 2.75) is 12.6 Å². The van der Waals surface area contributed by atoms with Crippen LogP contribution in [0.3, 0.4) is 0 Å². The number of aromatic nitrogens is 2. The normalized spacial score (nSPS) is 11.8. The van der Waals surface area contributed by atoms with Gasteiger partial charge in [-0.1, -0.05) is 12.1 Å². The molecule has 0 saturated carbocycles. The second kappa shape index (κ2) is 4.81. The number of benzene rings is 1. The first-order valence-corrected chi connectivity index (χ1v) is 5.42. The van der Waals surface area contributed by atoms with E-state index in [-0.39, 0.29) is 5.69 Å². The summed E-state index contributed by atoms with van der Waals surface area (Å²) in [6.45, 7) is 0.437. The van der Waals surface area contributed by atoms with Crippen molar-refractivity contribution in [2.24, 2.45) is 5.73 Å². The molecule has 18 heavy (non-hydrogen) atoms. The van der Waals surface area contributed by atoms with E-state index in [1.165, 1.54) is 23.0 Å². The van der Waals surface area contributed by atoms with Crippen molar-refractivity contribution < 1.29 is 13.2 Å². The molecule has 0 saturated heterocycles. The molecule has 3 nitrogen and oxygen atoms in total. The average Bonchev–Trinajstić information content (AvgIpc) is 2.77. The highest BCUT2D eigenvalue weighted by molar-refractivity contribution is 5.42. The molecule has 0 fully saturated rings. The Morgan fingerprint density at radius 1 is 1.22 bits per heavy atom.